The van der Waals surface area contributed by atoms with Crippen LogP contribution in [0.3, 0.4) is 0 Å². The molecule has 0 saturated heterocycles. The summed E-state index contributed by atoms with van der Waals surface area (Å²) in [5.41, 5.74) is 2.18. The van der Waals surface area contributed by atoms with Gasteiger partial charge in [-0.05, 0) is 37.3 Å². The number of hydrogen-bond acceptors (Lipinski definition) is 2. The molecule has 0 aromatic heterocycles. The molecule has 0 heterocycles. The highest BCUT2D eigenvalue weighted by molar-refractivity contribution is 5.91. The Kier molecular flexibility index (Phi) is 4.15. The van der Waals surface area contributed by atoms with Gasteiger partial charge in [-0.15, -0.1) is 0 Å². The van der Waals surface area contributed by atoms with Gasteiger partial charge in [0.05, 0.1) is 6.10 Å². The van der Waals surface area contributed by atoms with Crippen molar-refractivity contribution in [1.29, 1.82) is 0 Å². The van der Waals surface area contributed by atoms with Crippen molar-refractivity contribution in [2.75, 3.05) is 6.54 Å². The molecule has 0 aliphatic heterocycles. The monoisotopic (exact) mass is 245 g/mol. The van der Waals surface area contributed by atoms with E-state index < -0.39 is 0 Å². The average molecular weight is 245 g/mol. The Labute approximate surface area is 108 Å². The number of carbonyl (C=O) groups excluding carboxylic acids is 1. The number of aryl methyl sites for hydroxylation is 1. The SMILES string of the molecule is Cc1cccc(C=CC(=O)NCC(O)C2CC2)c1. The van der Waals surface area contributed by atoms with E-state index in [1.165, 1.54) is 11.6 Å². The Morgan fingerprint density at radius 1 is 1.56 bits per heavy atom. The molecule has 1 atom stereocenters. The molecule has 0 radical (unpaired) electrons. The Morgan fingerprint density at radius 3 is 3.00 bits per heavy atom. The van der Waals surface area contributed by atoms with Gasteiger partial charge in [-0.3, -0.25) is 4.79 Å². The van der Waals surface area contributed by atoms with Crippen LogP contribution < -0.4 is 5.32 Å². The summed E-state index contributed by atoms with van der Waals surface area (Å²) < 4.78 is 0. The quantitative estimate of drug-likeness (QED) is 0.778. The number of aliphatic hydroxyl groups is 1. The van der Waals surface area contributed by atoms with E-state index in [2.05, 4.69) is 5.32 Å². The standard InChI is InChI=1S/C15H19NO2/c1-11-3-2-4-12(9-11)5-8-15(18)16-10-14(17)13-6-7-13/h2-5,8-9,13-14,17H,6-7,10H2,1H3,(H,16,18). The van der Waals surface area contributed by atoms with Gasteiger partial charge in [-0.2, -0.15) is 0 Å². The lowest BCUT2D eigenvalue weighted by Crippen LogP contribution is -2.31. The van der Waals surface area contributed by atoms with Crippen LogP contribution >= 0.6 is 0 Å². The van der Waals surface area contributed by atoms with Gasteiger partial charge in [0.25, 0.3) is 0 Å². The second kappa shape index (κ2) is 5.83. The number of nitrogens with one attached hydrogen (secondary N) is 1. The summed E-state index contributed by atoms with van der Waals surface area (Å²) in [6, 6.07) is 7.95. The summed E-state index contributed by atoms with van der Waals surface area (Å²) in [7, 11) is 0. The largest absolute Gasteiger partial charge is 0.391 e. The molecule has 1 aromatic rings. The molecule has 1 aliphatic rings. The molecule has 1 saturated carbocycles. The van der Waals surface area contributed by atoms with Crippen molar-refractivity contribution in [1.82, 2.24) is 5.32 Å². The van der Waals surface area contributed by atoms with Gasteiger partial charge in [-0.1, -0.05) is 29.8 Å². The molecule has 96 valence electrons. The van der Waals surface area contributed by atoms with Crippen LogP contribution in [-0.2, 0) is 4.79 Å². The summed E-state index contributed by atoms with van der Waals surface area (Å²) >= 11 is 0. The minimum atomic E-state index is -0.388. The zero-order chi connectivity index (χ0) is 13.0. The number of carbonyl (C=O) groups is 1. The first-order valence-corrected chi connectivity index (χ1v) is 6.36. The van der Waals surface area contributed by atoms with Crippen LogP contribution in [0, 0.1) is 12.8 Å². The molecule has 18 heavy (non-hydrogen) atoms. The number of amides is 1. The van der Waals surface area contributed by atoms with Gasteiger partial charge in [-0.25, -0.2) is 0 Å². The molecule has 2 N–H and O–H groups in total. The zero-order valence-corrected chi connectivity index (χ0v) is 10.6. The van der Waals surface area contributed by atoms with Gasteiger partial charge >= 0.3 is 0 Å². The van der Waals surface area contributed by atoms with Crippen molar-refractivity contribution >= 4 is 12.0 Å². The number of benzene rings is 1. The normalized spacial score (nSPS) is 16.8. The number of aliphatic hydroxyl groups excluding tert-OH is 1. The van der Waals surface area contributed by atoms with E-state index in [0.29, 0.717) is 12.5 Å². The Balaban J connectivity index is 1.79. The van der Waals surface area contributed by atoms with Crippen LogP contribution in [0.4, 0.5) is 0 Å². The summed E-state index contributed by atoms with van der Waals surface area (Å²) in [6.07, 6.45) is 5.06. The Hall–Kier alpha value is -1.61. The van der Waals surface area contributed by atoms with Crippen molar-refractivity contribution < 1.29 is 9.90 Å². The fourth-order valence-corrected chi connectivity index (χ4v) is 1.86. The highest BCUT2D eigenvalue weighted by Gasteiger charge is 2.29. The van der Waals surface area contributed by atoms with Crippen LogP contribution in [0.2, 0.25) is 0 Å². The molecule has 0 bridgehead atoms. The third kappa shape index (κ3) is 4.00. The number of rotatable bonds is 5. The van der Waals surface area contributed by atoms with Gasteiger partial charge in [0.1, 0.15) is 0 Å². The van der Waals surface area contributed by atoms with Crippen molar-refractivity contribution in [2.45, 2.75) is 25.9 Å². The highest BCUT2D eigenvalue weighted by Crippen LogP contribution is 2.32. The van der Waals surface area contributed by atoms with Crippen LogP contribution in [0.15, 0.2) is 30.3 Å². The number of hydrogen-bond donors (Lipinski definition) is 2. The minimum Gasteiger partial charge on any atom is -0.391 e. The lowest BCUT2D eigenvalue weighted by Gasteiger charge is -2.08. The fraction of sp³-hybridized carbons (Fsp3) is 0.400. The van der Waals surface area contributed by atoms with E-state index in [1.807, 2.05) is 31.2 Å². The first kappa shape index (κ1) is 12.8. The predicted molar refractivity (Wildman–Crippen MR) is 72.0 cm³/mol. The second-order valence-electron chi connectivity index (χ2n) is 4.90. The van der Waals surface area contributed by atoms with Gasteiger partial charge in [0.15, 0.2) is 0 Å². The zero-order valence-electron chi connectivity index (χ0n) is 10.6. The maximum atomic E-state index is 11.5. The van der Waals surface area contributed by atoms with Gasteiger partial charge < -0.3 is 10.4 Å². The topological polar surface area (TPSA) is 49.3 Å². The highest BCUT2D eigenvalue weighted by atomic mass is 16.3. The fourth-order valence-electron chi connectivity index (χ4n) is 1.86. The van der Waals surface area contributed by atoms with E-state index in [1.54, 1.807) is 6.08 Å². The first-order chi connectivity index (χ1) is 8.65. The molecule has 3 heteroatoms. The predicted octanol–water partition coefficient (Wildman–Crippen LogP) is 1.90. The molecule has 1 fully saturated rings. The van der Waals surface area contributed by atoms with E-state index >= 15 is 0 Å². The van der Waals surface area contributed by atoms with Crippen molar-refractivity contribution in [2.24, 2.45) is 5.92 Å². The lowest BCUT2D eigenvalue weighted by molar-refractivity contribution is -0.116. The van der Waals surface area contributed by atoms with Gasteiger partial charge in [0, 0.05) is 12.6 Å². The van der Waals surface area contributed by atoms with Crippen molar-refractivity contribution in [3.63, 3.8) is 0 Å². The van der Waals surface area contributed by atoms with E-state index in [9.17, 15) is 9.90 Å². The Bertz CT molecular complexity index is 450. The maximum Gasteiger partial charge on any atom is 0.244 e. The minimum absolute atomic E-state index is 0.156. The first-order valence-electron chi connectivity index (χ1n) is 6.36. The van der Waals surface area contributed by atoms with Crippen LogP contribution in [0.1, 0.15) is 24.0 Å². The molecule has 1 aromatic carbocycles. The summed E-state index contributed by atoms with van der Waals surface area (Å²) in [6.45, 7) is 2.37. The molecule has 1 amide bonds. The maximum absolute atomic E-state index is 11.5. The molecule has 3 nitrogen and oxygen atoms in total. The molecule has 1 unspecified atom stereocenters. The van der Waals surface area contributed by atoms with Crippen LogP contribution in [-0.4, -0.2) is 23.7 Å². The molecule has 2 rings (SSSR count). The van der Waals surface area contributed by atoms with Crippen LogP contribution in [0.25, 0.3) is 6.08 Å². The summed E-state index contributed by atoms with van der Waals surface area (Å²) in [4.78, 5) is 11.5. The van der Waals surface area contributed by atoms with Gasteiger partial charge in [0.2, 0.25) is 5.91 Å². The third-order valence-electron chi connectivity index (χ3n) is 3.12. The second-order valence-corrected chi connectivity index (χ2v) is 4.90. The van der Waals surface area contributed by atoms with E-state index in [-0.39, 0.29) is 12.0 Å². The van der Waals surface area contributed by atoms with E-state index in [4.69, 9.17) is 0 Å². The van der Waals surface area contributed by atoms with E-state index in [0.717, 1.165) is 18.4 Å². The summed E-state index contributed by atoms with van der Waals surface area (Å²) in [5, 5.41) is 12.3. The van der Waals surface area contributed by atoms with Crippen molar-refractivity contribution in [3.8, 4) is 0 Å². The molecular formula is C15H19NO2. The Morgan fingerprint density at radius 2 is 2.33 bits per heavy atom. The lowest BCUT2D eigenvalue weighted by atomic mass is 10.1. The summed E-state index contributed by atoms with van der Waals surface area (Å²) in [5.74, 6) is 0.238. The molecule has 1 aliphatic carbocycles. The van der Waals surface area contributed by atoms with Crippen LogP contribution in [0.5, 0.6) is 0 Å². The van der Waals surface area contributed by atoms with Crippen molar-refractivity contribution in [3.05, 3.63) is 41.5 Å². The average Bonchev–Trinajstić information content (AvgIpc) is 3.17. The smallest absolute Gasteiger partial charge is 0.244 e. The molecular weight excluding hydrogens is 226 g/mol. The third-order valence-corrected chi connectivity index (χ3v) is 3.12. The molecule has 0 spiro atoms.